The Morgan fingerprint density at radius 2 is 1.75 bits per heavy atom. The molecule has 3 aliphatic rings. The van der Waals surface area contributed by atoms with Crippen molar-refractivity contribution >= 4 is 33.7 Å². The number of piperidine rings is 1. The highest BCUT2D eigenvalue weighted by atomic mass is 79.9. The number of likely N-dealkylation sites (tertiary alicyclic amines) is 1. The number of fused-ring (bicyclic) bond motifs is 2. The Morgan fingerprint density at radius 3 is 2.29 bits per heavy atom. The van der Waals surface area contributed by atoms with Gasteiger partial charge >= 0.3 is 0 Å². The third kappa shape index (κ3) is 2.66. The largest absolute Gasteiger partial charge is 0.335 e. The van der Waals surface area contributed by atoms with Gasteiger partial charge in [-0.05, 0) is 41.6 Å². The van der Waals surface area contributed by atoms with Crippen LogP contribution in [-0.4, -0.2) is 55.9 Å². The molecule has 0 N–H and O–H groups in total. The van der Waals surface area contributed by atoms with E-state index in [1.54, 1.807) is 6.20 Å². The molecular formula is C16H19BrN4O3. The van der Waals surface area contributed by atoms with E-state index in [-0.39, 0.29) is 49.2 Å². The summed E-state index contributed by atoms with van der Waals surface area (Å²) in [6.07, 6.45) is 7.93. The normalized spacial score (nSPS) is 29.6. The number of imide groups is 1. The summed E-state index contributed by atoms with van der Waals surface area (Å²) in [6, 6.07) is 0.655. The summed E-state index contributed by atoms with van der Waals surface area (Å²) in [7, 11) is 0. The minimum absolute atomic E-state index is 0.0915. The molecule has 0 aliphatic carbocycles. The fraction of sp³-hybridized carbons (Fsp3) is 0.625. The first-order valence-corrected chi connectivity index (χ1v) is 9.16. The van der Waals surface area contributed by atoms with Gasteiger partial charge in [0.2, 0.25) is 17.7 Å². The van der Waals surface area contributed by atoms with Crippen molar-refractivity contribution in [2.24, 2.45) is 0 Å². The van der Waals surface area contributed by atoms with E-state index in [9.17, 15) is 14.4 Å². The van der Waals surface area contributed by atoms with E-state index in [4.69, 9.17) is 0 Å². The lowest BCUT2D eigenvalue weighted by Gasteiger charge is -2.39. The number of carbonyl (C=O) groups is 3. The fourth-order valence-electron chi connectivity index (χ4n) is 4.30. The topological polar surface area (TPSA) is 75.5 Å². The Hall–Kier alpha value is -1.70. The van der Waals surface area contributed by atoms with Crippen LogP contribution in [-0.2, 0) is 14.4 Å². The Bertz CT molecular complexity index is 673. The molecule has 0 saturated carbocycles. The fourth-order valence-corrected chi connectivity index (χ4v) is 4.60. The molecular weight excluding hydrogens is 376 g/mol. The predicted octanol–water partition coefficient (Wildman–Crippen LogP) is 1.49. The molecule has 0 aromatic carbocycles. The van der Waals surface area contributed by atoms with Gasteiger partial charge in [0.05, 0.1) is 16.7 Å². The Balaban J connectivity index is 1.45. The zero-order valence-electron chi connectivity index (χ0n) is 13.2. The van der Waals surface area contributed by atoms with Crippen molar-refractivity contribution in [1.29, 1.82) is 0 Å². The van der Waals surface area contributed by atoms with Gasteiger partial charge < -0.3 is 4.90 Å². The second-order valence-electron chi connectivity index (χ2n) is 6.82. The van der Waals surface area contributed by atoms with Crippen LogP contribution in [0.4, 0.5) is 0 Å². The van der Waals surface area contributed by atoms with Crippen LogP contribution in [0.3, 0.4) is 0 Å². The summed E-state index contributed by atoms with van der Waals surface area (Å²) in [4.78, 5) is 39.2. The van der Waals surface area contributed by atoms with Crippen molar-refractivity contribution < 1.29 is 14.4 Å². The summed E-state index contributed by atoms with van der Waals surface area (Å²) in [5.74, 6) is -0.542. The van der Waals surface area contributed by atoms with Crippen molar-refractivity contribution in [3.05, 3.63) is 16.9 Å². The summed E-state index contributed by atoms with van der Waals surface area (Å²) >= 11 is 3.42. The smallest absolute Gasteiger partial charge is 0.243 e. The van der Waals surface area contributed by atoms with Crippen molar-refractivity contribution in [1.82, 2.24) is 19.6 Å². The average Bonchev–Trinajstić information content (AvgIpc) is 3.19. The van der Waals surface area contributed by atoms with Crippen LogP contribution in [0.5, 0.6) is 0 Å². The highest BCUT2D eigenvalue weighted by Gasteiger charge is 2.45. The number of amides is 3. The van der Waals surface area contributed by atoms with Gasteiger partial charge in [0.15, 0.2) is 0 Å². The van der Waals surface area contributed by atoms with E-state index in [0.717, 1.165) is 35.1 Å². The van der Waals surface area contributed by atoms with Gasteiger partial charge in [-0.3, -0.25) is 24.0 Å². The van der Waals surface area contributed by atoms with E-state index >= 15 is 0 Å². The number of hydrogen-bond acceptors (Lipinski definition) is 4. The van der Waals surface area contributed by atoms with Gasteiger partial charge in [-0.2, -0.15) is 5.10 Å². The van der Waals surface area contributed by atoms with Crippen LogP contribution < -0.4 is 0 Å². The third-order valence-corrected chi connectivity index (χ3v) is 5.80. The highest BCUT2D eigenvalue weighted by molar-refractivity contribution is 9.10. The molecule has 128 valence electrons. The molecule has 2 atom stereocenters. The number of carbonyl (C=O) groups excluding carboxylic acids is 3. The molecule has 4 rings (SSSR count). The molecule has 2 bridgehead atoms. The lowest BCUT2D eigenvalue weighted by atomic mass is 9.97. The first-order valence-electron chi connectivity index (χ1n) is 8.37. The van der Waals surface area contributed by atoms with Crippen LogP contribution in [0.15, 0.2) is 16.9 Å². The zero-order chi connectivity index (χ0) is 16.8. The van der Waals surface area contributed by atoms with Crippen LogP contribution in [0, 0.1) is 0 Å². The quantitative estimate of drug-likeness (QED) is 0.727. The lowest BCUT2D eigenvalue weighted by Crippen LogP contribution is -2.51. The monoisotopic (exact) mass is 394 g/mol. The van der Waals surface area contributed by atoms with Crippen LogP contribution in [0.25, 0.3) is 0 Å². The maximum atomic E-state index is 12.7. The second-order valence-corrected chi connectivity index (χ2v) is 7.74. The maximum absolute atomic E-state index is 12.7. The van der Waals surface area contributed by atoms with Crippen molar-refractivity contribution in [3.8, 4) is 0 Å². The van der Waals surface area contributed by atoms with Crippen LogP contribution in [0.1, 0.15) is 44.6 Å². The predicted molar refractivity (Wildman–Crippen MR) is 87.8 cm³/mol. The van der Waals surface area contributed by atoms with Gasteiger partial charge in [-0.25, -0.2) is 0 Å². The summed E-state index contributed by atoms with van der Waals surface area (Å²) in [6.45, 7) is -0.0946. The number of halogens is 1. The molecule has 3 fully saturated rings. The Morgan fingerprint density at radius 1 is 1.12 bits per heavy atom. The van der Waals surface area contributed by atoms with Crippen molar-refractivity contribution in [2.75, 3.05) is 6.54 Å². The first-order chi connectivity index (χ1) is 11.5. The summed E-state index contributed by atoms with van der Waals surface area (Å²) in [5.41, 5.74) is 0. The Kier molecular flexibility index (Phi) is 3.94. The summed E-state index contributed by atoms with van der Waals surface area (Å²) in [5, 5.41) is 4.38. The SMILES string of the molecule is O=C1CCC(=O)N1CC(=O)N1C2CCC1CC(n1cc(Br)cn1)C2. The molecule has 3 amide bonds. The van der Waals surface area contributed by atoms with Crippen LogP contribution >= 0.6 is 15.9 Å². The highest BCUT2D eigenvalue weighted by Crippen LogP contribution is 2.41. The van der Waals surface area contributed by atoms with E-state index in [1.807, 2.05) is 15.8 Å². The second kappa shape index (κ2) is 5.98. The number of aromatic nitrogens is 2. The molecule has 7 nitrogen and oxygen atoms in total. The van der Waals surface area contributed by atoms with E-state index in [0.29, 0.717) is 6.04 Å². The third-order valence-electron chi connectivity index (χ3n) is 5.39. The molecule has 1 aromatic rings. The zero-order valence-corrected chi connectivity index (χ0v) is 14.8. The molecule has 2 unspecified atom stereocenters. The van der Waals surface area contributed by atoms with Crippen LogP contribution in [0.2, 0.25) is 0 Å². The van der Waals surface area contributed by atoms with E-state index in [1.165, 1.54) is 0 Å². The van der Waals surface area contributed by atoms with E-state index < -0.39 is 0 Å². The standard InChI is InChI=1S/C16H19BrN4O3/c17-10-7-18-20(8-10)13-5-11-1-2-12(6-13)21(11)16(24)9-19-14(22)3-4-15(19)23/h7-8,11-13H,1-6,9H2. The van der Waals surface area contributed by atoms with Crippen molar-refractivity contribution in [3.63, 3.8) is 0 Å². The number of rotatable bonds is 3. The minimum Gasteiger partial charge on any atom is -0.335 e. The molecule has 8 heteroatoms. The van der Waals surface area contributed by atoms with Crippen molar-refractivity contribution in [2.45, 2.75) is 56.7 Å². The van der Waals surface area contributed by atoms with Gasteiger partial charge in [0.1, 0.15) is 6.54 Å². The Labute approximate surface area is 148 Å². The molecule has 0 spiro atoms. The average molecular weight is 395 g/mol. The van der Waals surface area contributed by atoms with Gasteiger partial charge in [0.25, 0.3) is 0 Å². The first kappa shape index (κ1) is 15.8. The molecule has 3 saturated heterocycles. The van der Waals surface area contributed by atoms with Gasteiger partial charge in [-0.15, -0.1) is 0 Å². The number of nitrogens with zero attached hydrogens (tertiary/aromatic N) is 4. The van der Waals surface area contributed by atoms with E-state index in [2.05, 4.69) is 21.0 Å². The number of hydrogen-bond donors (Lipinski definition) is 0. The van der Waals surface area contributed by atoms with Gasteiger partial charge in [-0.1, -0.05) is 0 Å². The molecule has 24 heavy (non-hydrogen) atoms. The lowest BCUT2D eigenvalue weighted by molar-refractivity contribution is -0.147. The molecule has 3 aliphatic heterocycles. The molecule has 4 heterocycles. The minimum atomic E-state index is -0.225. The molecule has 1 aromatic heterocycles. The van der Waals surface area contributed by atoms with Gasteiger partial charge in [0, 0.05) is 31.1 Å². The summed E-state index contributed by atoms with van der Waals surface area (Å²) < 4.78 is 2.93. The maximum Gasteiger partial charge on any atom is 0.243 e. The molecule has 0 radical (unpaired) electrons.